The molecule has 4 nitrogen and oxygen atoms in total. The van der Waals surface area contributed by atoms with E-state index >= 15 is 0 Å². The number of hydrogen-bond donors (Lipinski definition) is 0. The van der Waals surface area contributed by atoms with Gasteiger partial charge in [0.25, 0.3) is 0 Å². The van der Waals surface area contributed by atoms with Crippen LogP contribution in [-0.4, -0.2) is 22.9 Å². The summed E-state index contributed by atoms with van der Waals surface area (Å²) in [5.41, 5.74) is 1.57. The average Bonchev–Trinajstić information content (AvgIpc) is 3.09. The van der Waals surface area contributed by atoms with E-state index in [4.69, 9.17) is 4.74 Å². The molecule has 1 heterocycles. The van der Waals surface area contributed by atoms with Crippen molar-refractivity contribution in [3.8, 4) is 11.1 Å². The summed E-state index contributed by atoms with van der Waals surface area (Å²) in [4.78, 5) is 11.8. The number of aromatic nitrogens is 2. The van der Waals surface area contributed by atoms with E-state index in [9.17, 15) is 4.79 Å². The van der Waals surface area contributed by atoms with Crippen LogP contribution in [0.1, 0.15) is 12.8 Å². The summed E-state index contributed by atoms with van der Waals surface area (Å²) >= 11 is 0. The highest BCUT2D eigenvalue weighted by Gasteiger charge is 2.54. The first-order chi connectivity index (χ1) is 8.76. The molecule has 0 amide bonds. The minimum atomic E-state index is -0.554. The molecule has 0 radical (unpaired) electrons. The van der Waals surface area contributed by atoms with Crippen LogP contribution < -0.4 is 0 Å². The molecular weight excluding hydrogens is 228 g/mol. The van der Waals surface area contributed by atoms with Gasteiger partial charge in [0.15, 0.2) is 5.54 Å². The van der Waals surface area contributed by atoms with Crippen LogP contribution in [0.25, 0.3) is 11.1 Å². The summed E-state index contributed by atoms with van der Waals surface area (Å²) in [6.45, 7) is 0. The second-order valence-electron chi connectivity index (χ2n) is 4.56. The van der Waals surface area contributed by atoms with Crippen molar-refractivity contribution in [2.45, 2.75) is 18.4 Å². The molecule has 0 atom stereocenters. The summed E-state index contributed by atoms with van der Waals surface area (Å²) in [5.74, 6) is -0.204. The van der Waals surface area contributed by atoms with Gasteiger partial charge in [0.1, 0.15) is 0 Å². The van der Waals surface area contributed by atoms with Crippen molar-refractivity contribution in [2.75, 3.05) is 7.11 Å². The molecule has 0 unspecified atom stereocenters. The lowest BCUT2D eigenvalue weighted by Crippen LogP contribution is -2.29. The van der Waals surface area contributed by atoms with Gasteiger partial charge in [-0.1, -0.05) is 30.3 Å². The van der Waals surface area contributed by atoms with Crippen LogP contribution in [0.5, 0.6) is 0 Å². The molecule has 4 heteroatoms. The van der Waals surface area contributed by atoms with E-state index in [-0.39, 0.29) is 5.97 Å². The second kappa shape index (κ2) is 3.98. The number of carbonyl (C=O) groups excluding carboxylic acids is 1. The van der Waals surface area contributed by atoms with E-state index < -0.39 is 5.54 Å². The maximum absolute atomic E-state index is 11.8. The Bertz CT molecular complexity index is 570. The highest BCUT2D eigenvalue weighted by molar-refractivity contribution is 5.82. The average molecular weight is 242 g/mol. The van der Waals surface area contributed by atoms with Gasteiger partial charge in [0.05, 0.1) is 13.3 Å². The maximum atomic E-state index is 11.8. The molecule has 1 fully saturated rings. The molecule has 1 saturated carbocycles. The molecule has 1 aliphatic rings. The van der Waals surface area contributed by atoms with Crippen molar-refractivity contribution in [3.05, 3.63) is 42.7 Å². The summed E-state index contributed by atoms with van der Waals surface area (Å²) in [7, 11) is 1.42. The van der Waals surface area contributed by atoms with Gasteiger partial charge in [0.2, 0.25) is 0 Å². The fraction of sp³-hybridized carbons (Fsp3) is 0.286. The molecule has 0 saturated heterocycles. The van der Waals surface area contributed by atoms with Gasteiger partial charge in [-0.3, -0.25) is 4.68 Å². The van der Waals surface area contributed by atoms with E-state index in [0.29, 0.717) is 0 Å². The number of ether oxygens (including phenoxy) is 1. The van der Waals surface area contributed by atoms with E-state index in [1.807, 2.05) is 36.5 Å². The number of hydrogen-bond acceptors (Lipinski definition) is 3. The van der Waals surface area contributed by atoms with Crippen LogP contribution in [0.15, 0.2) is 42.7 Å². The smallest absolute Gasteiger partial charge is 0.333 e. The molecule has 0 bridgehead atoms. The molecule has 1 aromatic carbocycles. The van der Waals surface area contributed by atoms with Crippen LogP contribution in [-0.2, 0) is 15.1 Å². The van der Waals surface area contributed by atoms with Crippen LogP contribution in [0.2, 0.25) is 0 Å². The summed E-state index contributed by atoms with van der Waals surface area (Å²) < 4.78 is 6.58. The number of benzene rings is 1. The lowest BCUT2D eigenvalue weighted by atomic mass is 10.1. The zero-order valence-electron chi connectivity index (χ0n) is 10.2. The number of carbonyl (C=O) groups is 1. The molecule has 3 rings (SSSR count). The lowest BCUT2D eigenvalue weighted by molar-refractivity contribution is -0.146. The third-order valence-electron chi connectivity index (χ3n) is 3.42. The number of rotatable bonds is 3. The predicted octanol–water partition coefficient (Wildman–Crippen LogP) is 2.21. The number of esters is 1. The van der Waals surface area contributed by atoms with E-state index in [2.05, 4.69) is 5.10 Å². The van der Waals surface area contributed by atoms with Crippen molar-refractivity contribution in [1.82, 2.24) is 9.78 Å². The molecule has 0 N–H and O–H groups in total. The zero-order chi connectivity index (χ0) is 12.6. The third-order valence-corrected chi connectivity index (χ3v) is 3.42. The second-order valence-corrected chi connectivity index (χ2v) is 4.56. The highest BCUT2D eigenvalue weighted by atomic mass is 16.5. The first-order valence-corrected chi connectivity index (χ1v) is 5.95. The van der Waals surface area contributed by atoms with Crippen LogP contribution in [0.4, 0.5) is 0 Å². The largest absolute Gasteiger partial charge is 0.467 e. The van der Waals surface area contributed by atoms with Crippen molar-refractivity contribution in [1.29, 1.82) is 0 Å². The zero-order valence-corrected chi connectivity index (χ0v) is 10.2. The third kappa shape index (κ3) is 1.61. The highest BCUT2D eigenvalue weighted by Crippen LogP contribution is 2.44. The number of methoxy groups -OCH3 is 1. The van der Waals surface area contributed by atoms with Gasteiger partial charge in [-0.15, -0.1) is 0 Å². The SMILES string of the molecule is COC(=O)C1(n2cc(-c3ccccc3)cn2)CC1. The molecule has 92 valence electrons. The van der Waals surface area contributed by atoms with E-state index in [0.717, 1.165) is 24.0 Å². The standard InChI is InChI=1S/C14H14N2O2/c1-18-13(17)14(7-8-14)16-10-12(9-15-16)11-5-3-2-4-6-11/h2-6,9-10H,7-8H2,1H3. The van der Waals surface area contributed by atoms with E-state index in [1.165, 1.54) is 7.11 Å². The lowest BCUT2D eigenvalue weighted by Gasteiger charge is -2.12. The molecule has 18 heavy (non-hydrogen) atoms. The van der Waals surface area contributed by atoms with Crippen molar-refractivity contribution in [2.24, 2.45) is 0 Å². The van der Waals surface area contributed by atoms with E-state index in [1.54, 1.807) is 10.9 Å². The number of nitrogens with zero attached hydrogens (tertiary/aromatic N) is 2. The van der Waals surface area contributed by atoms with Gasteiger partial charge in [-0.25, -0.2) is 4.79 Å². The molecule has 0 spiro atoms. The predicted molar refractivity (Wildman–Crippen MR) is 66.9 cm³/mol. The monoisotopic (exact) mass is 242 g/mol. The van der Waals surface area contributed by atoms with Crippen LogP contribution >= 0.6 is 0 Å². The normalized spacial score (nSPS) is 16.3. The Balaban J connectivity index is 1.94. The van der Waals surface area contributed by atoms with Gasteiger partial charge >= 0.3 is 5.97 Å². The molecule has 1 aromatic heterocycles. The quantitative estimate of drug-likeness (QED) is 0.775. The Hall–Kier alpha value is -2.10. The van der Waals surface area contributed by atoms with Crippen molar-refractivity contribution in [3.63, 3.8) is 0 Å². The molecule has 0 aliphatic heterocycles. The summed E-state index contributed by atoms with van der Waals surface area (Å²) in [5, 5.41) is 4.31. The Morgan fingerprint density at radius 2 is 2.00 bits per heavy atom. The van der Waals surface area contributed by atoms with Gasteiger partial charge < -0.3 is 4.74 Å². The van der Waals surface area contributed by atoms with Crippen molar-refractivity contribution >= 4 is 5.97 Å². The summed E-state index contributed by atoms with van der Waals surface area (Å²) in [6, 6.07) is 10.0. The minimum absolute atomic E-state index is 0.204. The molecule has 2 aromatic rings. The summed E-state index contributed by atoms with van der Waals surface area (Å²) in [6.07, 6.45) is 5.31. The van der Waals surface area contributed by atoms with Gasteiger partial charge in [-0.05, 0) is 18.4 Å². The molecular formula is C14H14N2O2. The Morgan fingerprint density at radius 3 is 2.61 bits per heavy atom. The van der Waals surface area contributed by atoms with Crippen LogP contribution in [0, 0.1) is 0 Å². The topological polar surface area (TPSA) is 44.1 Å². The first kappa shape index (κ1) is 11.0. The Labute approximate surface area is 105 Å². The van der Waals surface area contributed by atoms with Gasteiger partial charge in [0, 0.05) is 11.8 Å². The maximum Gasteiger partial charge on any atom is 0.333 e. The van der Waals surface area contributed by atoms with Crippen LogP contribution in [0.3, 0.4) is 0 Å². The Morgan fingerprint density at radius 1 is 1.28 bits per heavy atom. The minimum Gasteiger partial charge on any atom is -0.467 e. The first-order valence-electron chi connectivity index (χ1n) is 5.95. The molecule has 1 aliphatic carbocycles. The van der Waals surface area contributed by atoms with Gasteiger partial charge in [-0.2, -0.15) is 5.10 Å². The fourth-order valence-electron chi connectivity index (χ4n) is 2.17. The van der Waals surface area contributed by atoms with Crippen molar-refractivity contribution < 1.29 is 9.53 Å². The Kier molecular flexibility index (Phi) is 2.44. The fourth-order valence-corrected chi connectivity index (χ4v) is 2.17.